The fourth-order valence-electron chi connectivity index (χ4n) is 1.87. The molecule has 0 N–H and O–H groups in total. The van der Waals surface area contributed by atoms with Crippen LogP contribution in [0.3, 0.4) is 0 Å². The summed E-state index contributed by atoms with van der Waals surface area (Å²) in [5.74, 6) is 0.900. The molecular formula is C9H12OS. The molecule has 0 spiro atoms. The summed E-state index contributed by atoms with van der Waals surface area (Å²) in [6.45, 7) is 1.71. The van der Waals surface area contributed by atoms with Crippen molar-refractivity contribution in [2.45, 2.75) is 30.3 Å². The lowest BCUT2D eigenvalue weighted by Gasteiger charge is -2.35. The zero-order valence-electron chi connectivity index (χ0n) is 6.62. The first-order chi connectivity index (χ1) is 5.27. The van der Waals surface area contributed by atoms with Gasteiger partial charge in [0.2, 0.25) is 0 Å². The summed E-state index contributed by atoms with van der Waals surface area (Å²) in [7, 11) is 0. The Morgan fingerprint density at radius 1 is 1.45 bits per heavy atom. The second-order valence-corrected chi connectivity index (χ2v) is 4.72. The Hall–Kier alpha value is -0.240. The molecule has 0 saturated carbocycles. The molecule has 1 nitrogen and oxygen atoms in total. The Morgan fingerprint density at radius 2 is 2.27 bits per heavy atom. The van der Waals surface area contributed by atoms with E-state index in [4.69, 9.17) is 0 Å². The highest BCUT2D eigenvalue weighted by atomic mass is 32.2. The van der Waals surface area contributed by atoms with E-state index < -0.39 is 0 Å². The van der Waals surface area contributed by atoms with Crippen molar-refractivity contribution in [1.29, 1.82) is 0 Å². The van der Waals surface area contributed by atoms with Gasteiger partial charge in [0.25, 0.3) is 0 Å². The molecule has 0 aromatic heterocycles. The molecule has 2 aliphatic heterocycles. The van der Waals surface area contributed by atoms with Gasteiger partial charge in [-0.3, -0.25) is 4.79 Å². The molecule has 0 amide bonds. The average molecular weight is 168 g/mol. The van der Waals surface area contributed by atoms with Crippen LogP contribution in [0.15, 0.2) is 12.2 Å². The van der Waals surface area contributed by atoms with Crippen molar-refractivity contribution in [1.82, 2.24) is 0 Å². The van der Waals surface area contributed by atoms with E-state index in [2.05, 4.69) is 12.2 Å². The van der Waals surface area contributed by atoms with Crippen molar-refractivity contribution in [3.05, 3.63) is 12.2 Å². The summed E-state index contributed by atoms with van der Waals surface area (Å²) in [5.41, 5.74) is 0. The standard InChI is InChI=1S/C9H12OS/c1-6(10)9-7-2-4-8(11-9)5-3-7/h2,4,7-9H,3,5H2,1H3/t7-,8+,9-/m1/s1. The Labute approximate surface area is 71.2 Å². The van der Waals surface area contributed by atoms with Crippen molar-refractivity contribution in [2.75, 3.05) is 0 Å². The Morgan fingerprint density at radius 3 is 2.55 bits per heavy atom. The molecule has 3 atom stereocenters. The number of rotatable bonds is 1. The van der Waals surface area contributed by atoms with Crippen LogP contribution >= 0.6 is 11.8 Å². The van der Waals surface area contributed by atoms with E-state index in [0.717, 1.165) is 0 Å². The molecule has 3 aliphatic rings. The lowest BCUT2D eigenvalue weighted by Crippen LogP contribution is -2.33. The third-order valence-corrected chi connectivity index (χ3v) is 4.19. The maximum Gasteiger partial charge on any atom is 0.143 e. The zero-order valence-corrected chi connectivity index (χ0v) is 7.43. The van der Waals surface area contributed by atoms with Gasteiger partial charge in [-0.05, 0) is 25.7 Å². The van der Waals surface area contributed by atoms with E-state index in [9.17, 15) is 4.79 Å². The molecule has 2 heteroatoms. The summed E-state index contributed by atoms with van der Waals surface area (Å²) in [4.78, 5) is 11.1. The Balaban J connectivity index is 2.17. The van der Waals surface area contributed by atoms with Crippen molar-refractivity contribution < 1.29 is 4.79 Å². The van der Waals surface area contributed by atoms with Gasteiger partial charge in [-0.15, -0.1) is 11.8 Å². The fraction of sp³-hybridized carbons (Fsp3) is 0.667. The second-order valence-electron chi connectivity index (χ2n) is 3.33. The molecule has 11 heavy (non-hydrogen) atoms. The highest BCUT2D eigenvalue weighted by Gasteiger charge is 2.34. The number of carbonyl (C=O) groups excluding carboxylic acids is 1. The van der Waals surface area contributed by atoms with E-state index in [1.54, 1.807) is 6.92 Å². The van der Waals surface area contributed by atoms with Crippen molar-refractivity contribution in [2.24, 2.45) is 5.92 Å². The van der Waals surface area contributed by atoms with Crippen LogP contribution in [0.4, 0.5) is 0 Å². The van der Waals surface area contributed by atoms with Gasteiger partial charge in [0.15, 0.2) is 0 Å². The van der Waals surface area contributed by atoms with Crippen LogP contribution in [-0.4, -0.2) is 16.3 Å². The summed E-state index contributed by atoms with van der Waals surface area (Å²) >= 11 is 1.85. The minimum atomic E-state index is 0.277. The predicted molar refractivity (Wildman–Crippen MR) is 47.7 cm³/mol. The second kappa shape index (κ2) is 2.67. The average Bonchev–Trinajstić information content (AvgIpc) is 2.06. The number of carbonyl (C=O) groups is 1. The highest BCUT2D eigenvalue weighted by Crippen LogP contribution is 2.41. The first-order valence-electron chi connectivity index (χ1n) is 4.11. The van der Waals surface area contributed by atoms with Crippen LogP contribution in [0, 0.1) is 5.92 Å². The SMILES string of the molecule is CC(=O)[C@H]1S[C@H]2C=C[C@@H]1CC2. The van der Waals surface area contributed by atoms with Gasteiger partial charge < -0.3 is 0 Å². The van der Waals surface area contributed by atoms with Crippen LogP contribution in [0.5, 0.6) is 0 Å². The lowest BCUT2D eigenvalue weighted by atomic mass is 9.90. The van der Waals surface area contributed by atoms with Gasteiger partial charge in [0.1, 0.15) is 5.78 Å². The number of fused-ring (bicyclic) bond motifs is 2. The maximum atomic E-state index is 11.1. The zero-order chi connectivity index (χ0) is 7.84. The Kier molecular flexibility index (Phi) is 1.80. The number of Topliss-reactive ketones (excluding diaryl/α,β-unsaturated/α-hetero) is 1. The van der Waals surface area contributed by atoms with E-state index in [1.165, 1.54) is 12.8 Å². The summed E-state index contributed by atoms with van der Waals surface area (Å²) < 4.78 is 0. The molecule has 60 valence electrons. The first-order valence-corrected chi connectivity index (χ1v) is 5.06. The molecule has 0 aromatic rings. The molecule has 0 unspecified atom stereocenters. The van der Waals surface area contributed by atoms with Crippen LogP contribution in [0.25, 0.3) is 0 Å². The quantitative estimate of drug-likeness (QED) is 0.557. The van der Waals surface area contributed by atoms with E-state index in [-0.39, 0.29) is 5.25 Å². The smallest absolute Gasteiger partial charge is 0.143 e. The normalized spacial score (nSPS) is 41.0. The Bertz CT molecular complexity index is 210. The van der Waals surface area contributed by atoms with Gasteiger partial charge in [0, 0.05) is 5.25 Å². The summed E-state index contributed by atoms with van der Waals surface area (Å²) in [6.07, 6.45) is 6.99. The van der Waals surface area contributed by atoms with Crippen molar-refractivity contribution in [3.63, 3.8) is 0 Å². The van der Waals surface area contributed by atoms with Crippen LogP contribution in [0.2, 0.25) is 0 Å². The van der Waals surface area contributed by atoms with Crippen LogP contribution < -0.4 is 0 Å². The fourth-order valence-corrected chi connectivity index (χ4v) is 3.32. The van der Waals surface area contributed by atoms with Gasteiger partial charge in [0.05, 0.1) is 5.25 Å². The number of hydrogen-bond acceptors (Lipinski definition) is 2. The van der Waals surface area contributed by atoms with E-state index in [0.29, 0.717) is 17.0 Å². The number of hydrogen-bond donors (Lipinski definition) is 0. The molecule has 3 rings (SSSR count). The van der Waals surface area contributed by atoms with Crippen LogP contribution in [0.1, 0.15) is 19.8 Å². The van der Waals surface area contributed by atoms with Gasteiger partial charge >= 0.3 is 0 Å². The number of thioether (sulfide) groups is 1. The highest BCUT2D eigenvalue weighted by molar-refractivity contribution is 8.01. The largest absolute Gasteiger partial charge is 0.299 e. The molecule has 0 aromatic carbocycles. The lowest BCUT2D eigenvalue weighted by molar-refractivity contribution is -0.117. The third-order valence-electron chi connectivity index (χ3n) is 2.47. The predicted octanol–water partition coefficient (Wildman–Crippen LogP) is 2.03. The van der Waals surface area contributed by atoms with Crippen molar-refractivity contribution >= 4 is 17.5 Å². The summed E-state index contributed by atoms with van der Waals surface area (Å²) in [5, 5.41) is 0.910. The minimum absolute atomic E-state index is 0.277. The van der Waals surface area contributed by atoms with Gasteiger partial charge in [-0.25, -0.2) is 0 Å². The monoisotopic (exact) mass is 168 g/mol. The molecule has 1 saturated heterocycles. The molecule has 1 aliphatic carbocycles. The number of allylic oxidation sites excluding steroid dienone is 1. The van der Waals surface area contributed by atoms with Crippen LogP contribution in [-0.2, 0) is 4.79 Å². The first kappa shape index (κ1) is 7.41. The van der Waals surface area contributed by atoms with Gasteiger partial charge in [-0.2, -0.15) is 0 Å². The molecule has 2 heterocycles. The van der Waals surface area contributed by atoms with E-state index in [1.807, 2.05) is 11.8 Å². The molecule has 1 fully saturated rings. The molecular weight excluding hydrogens is 156 g/mol. The van der Waals surface area contributed by atoms with Gasteiger partial charge in [-0.1, -0.05) is 12.2 Å². The topological polar surface area (TPSA) is 17.1 Å². The maximum absolute atomic E-state index is 11.1. The number of ketones is 1. The van der Waals surface area contributed by atoms with E-state index >= 15 is 0 Å². The molecule has 0 radical (unpaired) electrons. The minimum Gasteiger partial charge on any atom is -0.299 e. The third kappa shape index (κ3) is 1.24. The summed E-state index contributed by atoms with van der Waals surface area (Å²) in [6, 6.07) is 0. The van der Waals surface area contributed by atoms with Crippen molar-refractivity contribution in [3.8, 4) is 0 Å². The molecule has 2 bridgehead atoms.